The minimum Gasteiger partial charge on any atom is -0.386 e. The average Bonchev–Trinajstić information content (AvgIpc) is 2.68. The summed E-state index contributed by atoms with van der Waals surface area (Å²) in [5.74, 6) is 0.707. The molecule has 0 unspecified atom stereocenters. The summed E-state index contributed by atoms with van der Waals surface area (Å²) in [5.41, 5.74) is 1.19. The first-order valence-corrected chi connectivity index (χ1v) is 4.78. The van der Waals surface area contributed by atoms with Crippen molar-refractivity contribution in [1.29, 1.82) is 0 Å². The molecule has 1 saturated carbocycles. The topological polar surface area (TPSA) is 33.1 Å². The van der Waals surface area contributed by atoms with Gasteiger partial charge in [0.05, 0.1) is 5.69 Å². The van der Waals surface area contributed by atoms with E-state index in [1.165, 1.54) is 18.5 Å². The van der Waals surface area contributed by atoms with Gasteiger partial charge in [-0.15, -0.1) is 11.3 Å². The highest BCUT2D eigenvalue weighted by atomic mass is 32.1. The van der Waals surface area contributed by atoms with Crippen LogP contribution < -0.4 is 0 Å². The van der Waals surface area contributed by atoms with Crippen LogP contribution in [0, 0.1) is 0 Å². The Labute approximate surface area is 69.9 Å². The summed E-state index contributed by atoms with van der Waals surface area (Å²) in [5, 5.41) is 12.1. The molecule has 0 aromatic carbocycles. The van der Waals surface area contributed by atoms with Crippen molar-refractivity contribution in [3.63, 3.8) is 0 Å². The lowest BCUT2D eigenvalue weighted by atomic mass is 10.3. The van der Waals surface area contributed by atoms with Crippen LogP contribution in [-0.4, -0.2) is 10.1 Å². The van der Waals surface area contributed by atoms with E-state index in [-0.39, 0.29) is 0 Å². The number of aromatic nitrogens is 1. The second-order valence-electron chi connectivity index (χ2n) is 3.06. The van der Waals surface area contributed by atoms with E-state index in [9.17, 15) is 5.11 Å². The minimum atomic E-state index is -0.396. The second kappa shape index (κ2) is 2.57. The molecule has 0 amide bonds. The Morgan fingerprint density at radius 1 is 1.73 bits per heavy atom. The van der Waals surface area contributed by atoms with Gasteiger partial charge in [0, 0.05) is 11.3 Å². The van der Waals surface area contributed by atoms with E-state index in [2.05, 4.69) is 10.4 Å². The first-order valence-electron chi connectivity index (χ1n) is 3.91. The third kappa shape index (κ3) is 1.44. The molecule has 0 radical (unpaired) electrons. The van der Waals surface area contributed by atoms with Crippen LogP contribution in [0.1, 0.15) is 42.5 Å². The summed E-state index contributed by atoms with van der Waals surface area (Å²) >= 11 is 1.56. The minimum absolute atomic E-state index is 0.396. The molecule has 1 heterocycles. The normalized spacial score (nSPS) is 20.2. The fourth-order valence-corrected chi connectivity index (χ4v) is 1.90. The van der Waals surface area contributed by atoms with Gasteiger partial charge in [-0.25, -0.2) is 4.98 Å². The van der Waals surface area contributed by atoms with Crippen LogP contribution in [0.2, 0.25) is 0 Å². The van der Waals surface area contributed by atoms with E-state index >= 15 is 0 Å². The van der Waals surface area contributed by atoms with Gasteiger partial charge in [0.15, 0.2) is 0 Å². The Morgan fingerprint density at radius 2 is 2.45 bits per heavy atom. The maximum Gasteiger partial charge on any atom is 0.121 e. The van der Waals surface area contributed by atoms with Gasteiger partial charge in [-0.2, -0.15) is 0 Å². The number of thiazole rings is 1. The van der Waals surface area contributed by atoms with E-state index in [4.69, 9.17) is 0 Å². The Hall–Kier alpha value is -0.410. The van der Waals surface area contributed by atoms with Crippen LogP contribution in [-0.2, 0) is 0 Å². The number of hydrogen-bond acceptors (Lipinski definition) is 3. The summed E-state index contributed by atoms with van der Waals surface area (Å²) in [4.78, 5) is 4.34. The van der Waals surface area contributed by atoms with Crippen LogP contribution in [0.25, 0.3) is 0 Å². The molecule has 2 rings (SSSR count). The Bertz CT molecular complexity index is 236. The highest BCUT2D eigenvalue weighted by Gasteiger charge is 2.26. The third-order valence-corrected chi connectivity index (χ3v) is 2.93. The van der Waals surface area contributed by atoms with Crippen LogP contribution >= 0.6 is 11.3 Å². The SMILES string of the molecule is C[C@@H](O)c1nc(C2CC2)cs1. The van der Waals surface area contributed by atoms with Gasteiger partial charge in [-0.3, -0.25) is 0 Å². The van der Waals surface area contributed by atoms with Gasteiger partial charge in [-0.1, -0.05) is 0 Å². The van der Waals surface area contributed by atoms with Crippen LogP contribution in [0.15, 0.2) is 5.38 Å². The summed E-state index contributed by atoms with van der Waals surface area (Å²) in [6.45, 7) is 1.76. The predicted molar refractivity (Wildman–Crippen MR) is 44.7 cm³/mol. The van der Waals surface area contributed by atoms with Crippen molar-refractivity contribution in [2.75, 3.05) is 0 Å². The zero-order valence-electron chi connectivity index (χ0n) is 6.45. The molecule has 1 fully saturated rings. The second-order valence-corrected chi connectivity index (χ2v) is 3.95. The summed E-state index contributed by atoms with van der Waals surface area (Å²) in [6.07, 6.45) is 2.17. The molecule has 1 aliphatic rings. The molecule has 1 aromatic rings. The molecule has 2 nitrogen and oxygen atoms in total. The highest BCUT2D eigenvalue weighted by Crippen LogP contribution is 2.40. The Balaban J connectivity index is 2.18. The van der Waals surface area contributed by atoms with Crippen LogP contribution in [0.3, 0.4) is 0 Å². The zero-order valence-corrected chi connectivity index (χ0v) is 7.27. The van der Waals surface area contributed by atoms with Gasteiger partial charge in [0.2, 0.25) is 0 Å². The monoisotopic (exact) mass is 169 g/mol. The lowest BCUT2D eigenvalue weighted by Gasteiger charge is -1.95. The maximum atomic E-state index is 9.19. The number of rotatable bonds is 2. The molecule has 3 heteroatoms. The van der Waals surface area contributed by atoms with E-state index in [0.717, 1.165) is 5.01 Å². The van der Waals surface area contributed by atoms with Gasteiger partial charge in [0.25, 0.3) is 0 Å². The quantitative estimate of drug-likeness (QED) is 0.735. The first-order chi connectivity index (χ1) is 5.27. The van der Waals surface area contributed by atoms with Crippen molar-refractivity contribution < 1.29 is 5.11 Å². The van der Waals surface area contributed by atoms with Crippen molar-refractivity contribution in [2.45, 2.75) is 31.8 Å². The summed E-state index contributed by atoms with van der Waals surface area (Å²) in [6, 6.07) is 0. The molecular weight excluding hydrogens is 158 g/mol. The van der Waals surface area contributed by atoms with Gasteiger partial charge in [-0.05, 0) is 19.8 Å². The first kappa shape index (κ1) is 7.25. The van der Waals surface area contributed by atoms with Crippen molar-refractivity contribution >= 4 is 11.3 Å². The Morgan fingerprint density at radius 3 is 2.91 bits per heavy atom. The van der Waals surface area contributed by atoms with E-state index in [0.29, 0.717) is 5.92 Å². The molecule has 1 N–H and O–H groups in total. The molecule has 0 saturated heterocycles. The molecular formula is C8H11NOS. The van der Waals surface area contributed by atoms with Gasteiger partial charge >= 0.3 is 0 Å². The number of hydrogen-bond donors (Lipinski definition) is 1. The molecule has 0 spiro atoms. The van der Waals surface area contributed by atoms with E-state index in [1.54, 1.807) is 18.3 Å². The van der Waals surface area contributed by atoms with Gasteiger partial charge in [0.1, 0.15) is 11.1 Å². The maximum absolute atomic E-state index is 9.19. The smallest absolute Gasteiger partial charge is 0.121 e. The molecule has 0 aliphatic heterocycles. The van der Waals surface area contributed by atoms with Crippen molar-refractivity contribution in [3.8, 4) is 0 Å². The van der Waals surface area contributed by atoms with E-state index in [1.807, 2.05) is 0 Å². The number of aliphatic hydroxyl groups excluding tert-OH is 1. The lowest BCUT2D eigenvalue weighted by Crippen LogP contribution is -1.89. The molecule has 1 atom stereocenters. The zero-order chi connectivity index (χ0) is 7.84. The molecule has 1 aromatic heterocycles. The fraction of sp³-hybridized carbons (Fsp3) is 0.625. The van der Waals surface area contributed by atoms with Crippen LogP contribution in [0.4, 0.5) is 0 Å². The van der Waals surface area contributed by atoms with Crippen LogP contribution in [0.5, 0.6) is 0 Å². The predicted octanol–water partition coefficient (Wildman–Crippen LogP) is 2.07. The number of nitrogens with zero attached hydrogens (tertiary/aromatic N) is 1. The number of aliphatic hydroxyl groups is 1. The van der Waals surface area contributed by atoms with Crippen molar-refractivity contribution in [2.24, 2.45) is 0 Å². The largest absolute Gasteiger partial charge is 0.386 e. The Kier molecular flexibility index (Phi) is 1.69. The molecule has 1 aliphatic carbocycles. The van der Waals surface area contributed by atoms with E-state index < -0.39 is 6.10 Å². The van der Waals surface area contributed by atoms with Crippen molar-refractivity contribution in [1.82, 2.24) is 4.98 Å². The molecule has 11 heavy (non-hydrogen) atoms. The fourth-order valence-electron chi connectivity index (χ4n) is 1.06. The average molecular weight is 169 g/mol. The summed E-state index contributed by atoms with van der Waals surface area (Å²) < 4.78 is 0. The highest BCUT2D eigenvalue weighted by molar-refractivity contribution is 7.09. The third-order valence-electron chi connectivity index (χ3n) is 1.89. The molecule has 0 bridgehead atoms. The lowest BCUT2D eigenvalue weighted by molar-refractivity contribution is 0.198. The summed E-state index contributed by atoms with van der Waals surface area (Å²) in [7, 11) is 0. The van der Waals surface area contributed by atoms with Gasteiger partial charge < -0.3 is 5.11 Å². The standard InChI is InChI=1S/C8H11NOS/c1-5(10)8-9-7(4-11-8)6-2-3-6/h4-6,10H,2-3H2,1H3/t5-/m1/s1. The van der Waals surface area contributed by atoms with Crippen molar-refractivity contribution in [3.05, 3.63) is 16.1 Å². The molecule has 60 valence electrons.